The standard InChI is InChI=1S/C12H18N2O3S/c1-17-9-3-2-4-10(7-9)18(15,16)12-5-6-14-8-11(12)13/h5-6,8-10H,2-4,7,13H2,1H3. The number of nitrogens with two attached hydrogens (primary N) is 1. The van der Waals surface area contributed by atoms with E-state index in [0.717, 1.165) is 12.8 Å². The summed E-state index contributed by atoms with van der Waals surface area (Å²) in [4.78, 5) is 4.01. The molecule has 5 nitrogen and oxygen atoms in total. The van der Waals surface area contributed by atoms with Crippen LogP contribution in [0.5, 0.6) is 0 Å². The summed E-state index contributed by atoms with van der Waals surface area (Å²) < 4.78 is 30.3. The summed E-state index contributed by atoms with van der Waals surface area (Å²) in [5, 5.41) is -0.402. The predicted molar refractivity (Wildman–Crippen MR) is 68.9 cm³/mol. The average Bonchev–Trinajstić information content (AvgIpc) is 2.39. The molecule has 0 aliphatic heterocycles. The Bertz CT molecular complexity index is 516. The van der Waals surface area contributed by atoms with E-state index in [2.05, 4.69) is 4.98 Å². The number of hydrogen-bond acceptors (Lipinski definition) is 5. The van der Waals surface area contributed by atoms with Gasteiger partial charge in [0, 0.05) is 13.3 Å². The molecule has 1 aliphatic rings. The minimum atomic E-state index is -3.38. The monoisotopic (exact) mass is 270 g/mol. The molecule has 2 unspecified atom stereocenters. The van der Waals surface area contributed by atoms with Gasteiger partial charge in [0.05, 0.1) is 28.1 Å². The van der Waals surface area contributed by atoms with Crippen LogP contribution in [0.1, 0.15) is 25.7 Å². The molecular weight excluding hydrogens is 252 g/mol. The third-order valence-corrected chi connectivity index (χ3v) is 5.76. The summed E-state index contributed by atoms with van der Waals surface area (Å²) in [5.41, 5.74) is 5.93. The molecule has 0 radical (unpaired) electrons. The Morgan fingerprint density at radius 2 is 2.22 bits per heavy atom. The van der Waals surface area contributed by atoms with Gasteiger partial charge in [-0.3, -0.25) is 4.98 Å². The zero-order valence-corrected chi connectivity index (χ0v) is 11.2. The number of nitrogen functional groups attached to an aromatic ring is 1. The Morgan fingerprint density at radius 1 is 1.44 bits per heavy atom. The highest BCUT2D eigenvalue weighted by molar-refractivity contribution is 7.92. The molecule has 6 heteroatoms. The first-order valence-electron chi connectivity index (χ1n) is 6.02. The van der Waals surface area contributed by atoms with Crippen LogP contribution >= 0.6 is 0 Å². The van der Waals surface area contributed by atoms with Gasteiger partial charge in [0.25, 0.3) is 0 Å². The molecule has 1 aromatic heterocycles. The van der Waals surface area contributed by atoms with Crippen LogP contribution in [-0.4, -0.2) is 31.9 Å². The highest BCUT2D eigenvalue weighted by Crippen LogP contribution is 2.31. The number of ether oxygens (including phenoxy) is 1. The van der Waals surface area contributed by atoms with Crippen LogP contribution in [0.3, 0.4) is 0 Å². The molecule has 2 atom stereocenters. The van der Waals surface area contributed by atoms with Crippen LogP contribution in [0.15, 0.2) is 23.4 Å². The second kappa shape index (κ2) is 5.24. The van der Waals surface area contributed by atoms with Crippen molar-refractivity contribution < 1.29 is 13.2 Å². The van der Waals surface area contributed by atoms with Crippen LogP contribution < -0.4 is 5.73 Å². The molecule has 0 bridgehead atoms. The first-order valence-corrected chi connectivity index (χ1v) is 7.56. The first kappa shape index (κ1) is 13.3. The zero-order chi connectivity index (χ0) is 13.2. The second-order valence-corrected chi connectivity index (χ2v) is 6.80. The molecule has 1 aliphatic carbocycles. The van der Waals surface area contributed by atoms with Crippen LogP contribution in [0.2, 0.25) is 0 Å². The summed E-state index contributed by atoms with van der Waals surface area (Å²) in [6.45, 7) is 0. The maximum Gasteiger partial charge on any atom is 0.183 e. The number of methoxy groups -OCH3 is 1. The van der Waals surface area contributed by atoms with Crippen molar-refractivity contribution in [2.75, 3.05) is 12.8 Å². The van der Waals surface area contributed by atoms with Gasteiger partial charge in [-0.15, -0.1) is 0 Å². The van der Waals surface area contributed by atoms with Gasteiger partial charge < -0.3 is 10.5 Å². The number of aromatic nitrogens is 1. The number of nitrogens with zero attached hydrogens (tertiary/aromatic N) is 1. The summed E-state index contributed by atoms with van der Waals surface area (Å²) in [5.74, 6) is 0. The Balaban J connectivity index is 2.29. The number of sulfone groups is 1. The minimum Gasteiger partial charge on any atom is -0.396 e. The van der Waals surface area contributed by atoms with Gasteiger partial charge in [-0.2, -0.15) is 0 Å². The lowest BCUT2D eigenvalue weighted by Crippen LogP contribution is -2.32. The molecule has 1 heterocycles. The molecule has 100 valence electrons. The maximum atomic E-state index is 12.5. The fourth-order valence-electron chi connectivity index (χ4n) is 2.43. The van der Waals surface area contributed by atoms with Gasteiger partial charge >= 0.3 is 0 Å². The van der Waals surface area contributed by atoms with Crippen molar-refractivity contribution in [3.05, 3.63) is 18.5 Å². The second-order valence-electron chi connectivity index (χ2n) is 4.60. The van der Waals surface area contributed by atoms with Gasteiger partial charge in [0.15, 0.2) is 9.84 Å². The van der Waals surface area contributed by atoms with E-state index in [9.17, 15) is 8.42 Å². The Hall–Kier alpha value is -1.14. The molecule has 1 aromatic rings. The third-order valence-electron chi connectivity index (χ3n) is 3.47. The van der Waals surface area contributed by atoms with Crippen LogP contribution in [-0.2, 0) is 14.6 Å². The van der Waals surface area contributed by atoms with E-state index in [1.165, 1.54) is 18.5 Å². The molecule has 1 saturated carbocycles. The topological polar surface area (TPSA) is 82.3 Å². The van der Waals surface area contributed by atoms with E-state index in [0.29, 0.717) is 12.8 Å². The van der Waals surface area contributed by atoms with Crippen LogP contribution in [0.25, 0.3) is 0 Å². The maximum absolute atomic E-state index is 12.5. The van der Waals surface area contributed by atoms with Crippen LogP contribution in [0, 0.1) is 0 Å². The van der Waals surface area contributed by atoms with Gasteiger partial charge in [0.1, 0.15) is 0 Å². The Morgan fingerprint density at radius 3 is 2.89 bits per heavy atom. The van der Waals surface area contributed by atoms with Crippen molar-refractivity contribution in [3.8, 4) is 0 Å². The summed E-state index contributed by atoms with van der Waals surface area (Å²) in [6, 6.07) is 1.47. The lowest BCUT2D eigenvalue weighted by Gasteiger charge is -2.28. The molecule has 2 rings (SSSR count). The van der Waals surface area contributed by atoms with Crippen LogP contribution in [0.4, 0.5) is 5.69 Å². The van der Waals surface area contributed by atoms with Gasteiger partial charge in [0.2, 0.25) is 0 Å². The van der Waals surface area contributed by atoms with Gasteiger partial charge in [-0.1, -0.05) is 0 Å². The molecule has 1 fully saturated rings. The normalized spacial score (nSPS) is 24.9. The van der Waals surface area contributed by atoms with Gasteiger partial charge in [-0.25, -0.2) is 8.42 Å². The minimum absolute atomic E-state index is 0.0292. The summed E-state index contributed by atoms with van der Waals surface area (Å²) >= 11 is 0. The fourth-order valence-corrected chi connectivity index (χ4v) is 4.37. The molecule has 18 heavy (non-hydrogen) atoms. The van der Waals surface area contributed by atoms with E-state index in [-0.39, 0.29) is 16.7 Å². The predicted octanol–water partition coefficient (Wildman–Crippen LogP) is 1.40. The van der Waals surface area contributed by atoms with E-state index >= 15 is 0 Å². The average molecular weight is 270 g/mol. The highest BCUT2D eigenvalue weighted by Gasteiger charge is 2.34. The zero-order valence-electron chi connectivity index (χ0n) is 10.4. The number of anilines is 1. The van der Waals surface area contributed by atoms with Crippen molar-refractivity contribution in [1.29, 1.82) is 0 Å². The number of hydrogen-bond donors (Lipinski definition) is 1. The van der Waals surface area contributed by atoms with E-state index in [1.807, 2.05) is 0 Å². The molecule has 0 spiro atoms. The van der Waals surface area contributed by atoms with E-state index < -0.39 is 15.1 Å². The van der Waals surface area contributed by atoms with Crippen molar-refractivity contribution in [1.82, 2.24) is 4.98 Å². The first-order chi connectivity index (χ1) is 8.55. The van der Waals surface area contributed by atoms with E-state index in [4.69, 9.17) is 10.5 Å². The van der Waals surface area contributed by atoms with Crippen molar-refractivity contribution in [2.24, 2.45) is 0 Å². The summed E-state index contributed by atoms with van der Waals surface area (Å²) in [7, 11) is -1.76. The van der Waals surface area contributed by atoms with Crippen molar-refractivity contribution in [3.63, 3.8) is 0 Å². The van der Waals surface area contributed by atoms with E-state index in [1.54, 1.807) is 7.11 Å². The van der Waals surface area contributed by atoms with Crippen molar-refractivity contribution >= 4 is 15.5 Å². The Kier molecular flexibility index (Phi) is 3.87. The SMILES string of the molecule is COC1CCCC(S(=O)(=O)c2ccncc2N)C1. The largest absolute Gasteiger partial charge is 0.396 e. The smallest absolute Gasteiger partial charge is 0.183 e. The molecule has 0 saturated heterocycles. The van der Waals surface area contributed by atoms with Gasteiger partial charge in [-0.05, 0) is 31.7 Å². The fraction of sp³-hybridized carbons (Fsp3) is 0.583. The molecule has 0 aromatic carbocycles. The third kappa shape index (κ3) is 2.49. The number of rotatable bonds is 3. The highest BCUT2D eigenvalue weighted by atomic mass is 32.2. The lowest BCUT2D eigenvalue weighted by atomic mass is 9.97. The molecular formula is C12H18N2O3S. The lowest BCUT2D eigenvalue weighted by molar-refractivity contribution is 0.0720. The molecule has 0 amide bonds. The summed E-state index contributed by atoms with van der Waals surface area (Å²) in [6.07, 6.45) is 5.87. The Labute approximate surface area is 107 Å². The van der Waals surface area contributed by atoms with Crippen molar-refractivity contribution in [2.45, 2.75) is 41.9 Å². The number of pyridine rings is 1. The quantitative estimate of drug-likeness (QED) is 0.897. The molecule has 2 N–H and O–H groups in total.